The van der Waals surface area contributed by atoms with Crippen LogP contribution in [0.4, 0.5) is 4.79 Å². The van der Waals surface area contributed by atoms with Crippen LogP contribution in [0.15, 0.2) is 12.1 Å². The maximum atomic E-state index is 11.4. The minimum atomic E-state index is -0.0853. The largest absolute Gasteiger partial charge is 0.496 e. The summed E-state index contributed by atoms with van der Waals surface area (Å²) < 4.78 is 5.26. The topological polar surface area (TPSA) is 41.6 Å². The predicted molar refractivity (Wildman–Crippen MR) is 68.4 cm³/mol. The smallest absolute Gasteiger partial charge is 0.317 e. The molecule has 94 valence electrons. The molecule has 0 bridgehead atoms. The van der Waals surface area contributed by atoms with E-state index in [0.29, 0.717) is 6.54 Å². The summed E-state index contributed by atoms with van der Waals surface area (Å²) in [5, 5.41) is 2.60. The number of benzene rings is 1. The van der Waals surface area contributed by atoms with Crippen LogP contribution in [0.2, 0.25) is 0 Å². The Labute approximate surface area is 103 Å². The van der Waals surface area contributed by atoms with Crippen LogP contribution in [0.1, 0.15) is 16.7 Å². The monoisotopic (exact) mass is 236 g/mol. The lowest BCUT2D eigenvalue weighted by Gasteiger charge is -2.19. The zero-order chi connectivity index (χ0) is 13.0. The summed E-state index contributed by atoms with van der Waals surface area (Å²) in [6.07, 6.45) is 0. The van der Waals surface area contributed by atoms with Gasteiger partial charge in [0.15, 0.2) is 0 Å². The van der Waals surface area contributed by atoms with Gasteiger partial charge >= 0.3 is 6.03 Å². The number of urea groups is 1. The number of carbonyl (C=O) groups excluding carboxylic acids is 1. The van der Waals surface area contributed by atoms with Crippen molar-refractivity contribution in [2.24, 2.45) is 0 Å². The van der Waals surface area contributed by atoms with Crippen molar-refractivity contribution in [1.82, 2.24) is 10.2 Å². The van der Waals surface area contributed by atoms with Crippen LogP contribution < -0.4 is 10.1 Å². The predicted octanol–water partition coefficient (Wildman–Crippen LogP) is 2.08. The van der Waals surface area contributed by atoms with Gasteiger partial charge in [-0.1, -0.05) is 6.07 Å². The average Bonchev–Trinajstić information content (AvgIpc) is 2.32. The molecule has 1 aromatic rings. The molecule has 0 aliphatic heterocycles. The van der Waals surface area contributed by atoms with Crippen molar-refractivity contribution in [3.8, 4) is 5.75 Å². The number of ether oxygens (including phenoxy) is 1. The molecule has 17 heavy (non-hydrogen) atoms. The fourth-order valence-electron chi connectivity index (χ4n) is 1.76. The highest BCUT2D eigenvalue weighted by Crippen LogP contribution is 2.23. The van der Waals surface area contributed by atoms with Crippen molar-refractivity contribution >= 4 is 6.03 Å². The Hall–Kier alpha value is -1.71. The maximum Gasteiger partial charge on any atom is 0.317 e. The molecule has 0 radical (unpaired) electrons. The van der Waals surface area contributed by atoms with Gasteiger partial charge in [-0.25, -0.2) is 4.79 Å². The van der Waals surface area contributed by atoms with Gasteiger partial charge in [-0.15, -0.1) is 0 Å². The maximum absolute atomic E-state index is 11.4. The zero-order valence-electron chi connectivity index (χ0n) is 11.1. The van der Waals surface area contributed by atoms with Crippen LogP contribution in [0.3, 0.4) is 0 Å². The van der Waals surface area contributed by atoms with E-state index < -0.39 is 0 Å². The lowest BCUT2D eigenvalue weighted by atomic mass is 10.0. The van der Waals surface area contributed by atoms with Crippen LogP contribution in [-0.4, -0.2) is 32.1 Å². The first kappa shape index (κ1) is 13.4. The van der Waals surface area contributed by atoms with E-state index in [9.17, 15) is 4.79 Å². The molecule has 0 atom stereocenters. The SMILES string of the molecule is CNC(=O)N(C)Cc1cc(C)c(OC)cc1C. The number of methoxy groups -OCH3 is 1. The highest BCUT2D eigenvalue weighted by atomic mass is 16.5. The summed E-state index contributed by atoms with van der Waals surface area (Å²) in [6, 6.07) is 3.98. The normalized spacial score (nSPS) is 9.94. The number of carbonyl (C=O) groups is 1. The number of aryl methyl sites for hydroxylation is 2. The van der Waals surface area contributed by atoms with Crippen LogP contribution in [0, 0.1) is 13.8 Å². The molecule has 0 heterocycles. The van der Waals surface area contributed by atoms with Gasteiger partial charge in [0.05, 0.1) is 7.11 Å². The third-order valence-electron chi connectivity index (χ3n) is 2.82. The van der Waals surface area contributed by atoms with Gasteiger partial charge in [0.2, 0.25) is 0 Å². The molecule has 0 aliphatic carbocycles. The molecule has 4 nitrogen and oxygen atoms in total. The van der Waals surface area contributed by atoms with Crippen molar-refractivity contribution in [2.75, 3.05) is 21.2 Å². The minimum absolute atomic E-state index is 0.0853. The van der Waals surface area contributed by atoms with E-state index in [1.807, 2.05) is 19.9 Å². The first-order valence-electron chi connectivity index (χ1n) is 5.56. The van der Waals surface area contributed by atoms with Crippen LogP contribution >= 0.6 is 0 Å². The number of nitrogens with zero attached hydrogens (tertiary/aromatic N) is 1. The lowest BCUT2D eigenvalue weighted by Crippen LogP contribution is -2.34. The van der Waals surface area contributed by atoms with Gasteiger partial charge in [0.1, 0.15) is 5.75 Å². The van der Waals surface area contributed by atoms with Crippen LogP contribution in [0.5, 0.6) is 5.75 Å². The molecule has 0 saturated heterocycles. The van der Waals surface area contributed by atoms with E-state index in [4.69, 9.17) is 4.74 Å². The van der Waals surface area contributed by atoms with E-state index >= 15 is 0 Å². The number of nitrogens with one attached hydrogen (secondary N) is 1. The Bertz CT molecular complexity index is 416. The summed E-state index contributed by atoms with van der Waals surface area (Å²) in [7, 11) is 5.07. The van der Waals surface area contributed by atoms with Gasteiger partial charge in [-0.2, -0.15) is 0 Å². The lowest BCUT2D eigenvalue weighted by molar-refractivity contribution is 0.209. The molecular formula is C13H20N2O2. The molecule has 4 heteroatoms. The van der Waals surface area contributed by atoms with Gasteiger partial charge in [0.25, 0.3) is 0 Å². The Kier molecular flexibility index (Phi) is 4.37. The molecule has 2 amide bonds. The standard InChI is InChI=1S/C13H20N2O2/c1-9-7-12(17-5)10(2)6-11(9)8-15(4)13(16)14-3/h6-7H,8H2,1-5H3,(H,14,16). The third kappa shape index (κ3) is 3.12. The average molecular weight is 236 g/mol. The summed E-state index contributed by atoms with van der Waals surface area (Å²) in [5.74, 6) is 0.883. The molecule has 0 saturated carbocycles. The summed E-state index contributed by atoms with van der Waals surface area (Å²) in [4.78, 5) is 13.1. The van der Waals surface area contributed by atoms with Crippen molar-refractivity contribution in [2.45, 2.75) is 20.4 Å². The second kappa shape index (κ2) is 5.57. The van der Waals surface area contributed by atoms with E-state index in [2.05, 4.69) is 11.4 Å². The van der Waals surface area contributed by atoms with Gasteiger partial charge in [-0.05, 0) is 36.6 Å². The van der Waals surface area contributed by atoms with Gasteiger partial charge < -0.3 is 15.0 Å². The van der Waals surface area contributed by atoms with Gasteiger partial charge in [-0.3, -0.25) is 0 Å². The fourth-order valence-corrected chi connectivity index (χ4v) is 1.76. The molecule has 1 rings (SSSR count). The molecule has 1 aromatic carbocycles. The van der Waals surface area contributed by atoms with Crippen molar-refractivity contribution in [1.29, 1.82) is 0 Å². The van der Waals surface area contributed by atoms with E-state index in [1.54, 1.807) is 26.1 Å². The molecule has 0 spiro atoms. The zero-order valence-corrected chi connectivity index (χ0v) is 11.1. The quantitative estimate of drug-likeness (QED) is 0.873. The second-order valence-corrected chi connectivity index (χ2v) is 4.16. The summed E-state index contributed by atoms with van der Waals surface area (Å²) in [6.45, 7) is 4.62. The van der Waals surface area contributed by atoms with Crippen molar-refractivity contribution in [3.63, 3.8) is 0 Å². The Morgan fingerprint density at radius 3 is 2.53 bits per heavy atom. The highest BCUT2D eigenvalue weighted by molar-refractivity contribution is 5.73. The van der Waals surface area contributed by atoms with Crippen molar-refractivity contribution < 1.29 is 9.53 Å². The fraction of sp³-hybridized carbons (Fsp3) is 0.462. The van der Waals surface area contributed by atoms with E-state index in [-0.39, 0.29) is 6.03 Å². The van der Waals surface area contributed by atoms with Crippen LogP contribution in [-0.2, 0) is 6.54 Å². The van der Waals surface area contributed by atoms with Crippen molar-refractivity contribution in [3.05, 3.63) is 28.8 Å². The molecule has 1 N–H and O–H groups in total. The molecule has 0 fully saturated rings. The summed E-state index contributed by atoms with van der Waals surface area (Å²) in [5.41, 5.74) is 3.34. The van der Waals surface area contributed by atoms with E-state index in [1.165, 1.54) is 0 Å². The number of hydrogen-bond acceptors (Lipinski definition) is 2. The first-order chi connectivity index (χ1) is 7.99. The molecule has 0 aliphatic rings. The number of rotatable bonds is 3. The first-order valence-corrected chi connectivity index (χ1v) is 5.56. The van der Waals surface area contributed by atoms with Gasteiger partial charge in [0, 0.05) is 20.6 Å². The Morgan fingerprint density at radius 1 is 1.35 bits per heavy atom. The number of amides is 2. The highest BCUT2D eigenvalue weighted by Gasteiger charge is 2.10. The van der Waals surface area contributed by atoms with E-state index in [0.717, 1.165) is 22.4 Å². The molecule has 0 aromatic heterocycles. The molecule has 0 unspecified atom stereocenters. The van der Waals surface area contributed by atoms with Crippen LogP contribution in [0.25, 0.3) is 0 Å². The second-order valence-electron chi connectivity index (χ2n) is 4.16. The summed E-state index contributed by atoms with van der Waals surface area (Å²) >= 11 is 0. The molecular weight excluding hydrogens is 216 g/mol. The number of hydrogen-bond donors (Lipinski definition) is 1. The Morgan fingerprint density at radius 2 is 2.00 bits per heavy atom. The minimum Gasteiger partial charge on any atom is -0.496 e. The third-order valence-corrected chi connectivity index (χ3v) is 2.82. The Balaban J connectivity index is 2.92.